The minimum atomic E-state index is -3.03. The molecule has 2 fully saturated rings. The van der Waals surface area contributed by atoms with Gasteiger partial charge >= 0.3 is 5.97 Å². The van der Waals surface area contributed by atoms with Crippen LogP contribution < -0.4 is 0 Å². The maximum absolute atomic E-state index is 12.5. The van der Waals surface area contributed by atoms with Crippen LogP contribution in [-0.4, -0.2) is 47.2 Å². The molecule has 144 valence electrons. The van der Waals surface area contributed by atoms with Gasteiger partial charge in [0.2, 0.25) is 5.78 Å². The van der Waals surface area contributed by atoms with Crippen molar-refractivity contribution in [1.29, 1.82) is 0 Å². The lowest BCUT2D eigenvalue weighted by Gasteiger charge is -2.16. The summed E-state index contributed by atoms with van der Waals surface area (Å²) >= 11 is 11.9. The van der Waals surface area contributed by atoms with Crippen molar-refractivity contribution in [3.05, 3.63) is 23.0 Å². The van der Waals surface area contributed by atoms with Crippen LogP contribution in [0.25, 0.3) is 0 Å². The quantitative estimate of drug-likeness (QED) is 0.414. The minimum Gasteiger partial charge on any atom is -0.457 e. The summed E-state index contributed by atoms with van der Waals surface area (Å²) in [4.78, 5) is 24.6. The Hall–Kier alpha value is -1.05. The maximum atomic E-state index is 12.5. The highest BCUT2D eigenvalue weighted by atomic mass is 35.5. The molecule has 2 atom stereocenters. The molecule has 1 aromatic heterocycles. The molecule has 0 spiro atoms. The first-order valence-electron chi connectivity index (χ1n) is 8.35. The fraction of sp³-hybridized carbons (Fsp3) is 0.647. The van der Waals surface area contributed by atoms with Gasteiger partial charge in [-0.15, -0.1) is 23.2 Å². The molecular formula is C17H21Cl2NO5S. The van der Waals surface area contributed by atoms with Gasteiger partial charge in [0.25, 0.3) is 0 Å². The highest BCUT2D eigenvalue weighted by Crippen LogP contribution is 2.64. The summed E-state index contributed by atoms with van der Waals surface area (Å²) in [6.45, 7) is 4.82. The summed E-state index contributed by atoms with van der Waals surface area (Å²) in [5, 5.41) is 0. The lowest BCUT2D eigenvalue weighted by molar-refractivity contribution is -0.148. The molecule has 0 bridgehead atoms. The Morgan fingerprint density at radius 2 is 1.96 bits per heavy atom. The smallest absolute Gasteiger partial charge is 0.315 e. The number of ketones is 1. The number of carbonyl (C=O) groups excluding carboxylic acids is 2. The predicted molar refractivity (Wildman–Crippen MR) is 98.7 cm³/mol. The normalized spacial score (nSPS) is 28.7. The summed E-state index contributed by atoms with van der Waals surface area (Å²) in [6.07, 6.45) is 0.827. The first-order chi connectivity index (χ1) is 11.9. The highest BCUT2D eigenvalue weighted by molar-refractivity contribution is 7.91. The van der Waals surface area contributed by atoms with Gasteiger partial charge < -0.3 is 9.30 Å². The van der Waals surface area contributed by atoms with Gasteiger partial charge in [-0.1, -0.05) is 0 Å². The molecule has 1 aliphatic carbocycles. The molecule has 1 saturated carbocycles. The number of sulfone groups is 1. The molecule has 6 nitrogen and oxygen atoms in total. The van der Waals surface area contributed by atoms with Gasteiger partial charge in [-0.25, -0.2) is 8.42 Å². The SMILES string of the molecule is Cc1cc(C(=O)COC(=O)[C@]2(C)CC2(Cl)Cl)c(C)n1[C@@H]1CCS(=O)(=O)C1. The summed E-state index contributed by atoms with van der Waals surface area (Å²) in [6, 6.07) is 1.55. The van der Waals surface area contributed by atoms with Gasteiger partial charge in [-0.3, -0.25) is 9.59 Å². The zero-order valence-electron chi connectivity index (χ0n) is 14.8. The number of hydrogen-bond donors (Lipinski definition) is 0. The van der Waals surface area contributed by atoms with Crippen LogP contribution in [0.15, 0.2) is 6.07 Å². The zero-order valence-corrected chi connectivity index (χ0v) is 17.2. The van der Waals surface area contributed by atoms with Crippen LogP contribution in [-0.2, 0) is 19.4 Å². The Bertz CT molecular complexity index is 889. The predicted octanol–water partition coefficient (Wildman–Crippen LogP) is 2.77. The Labute approximate surface area is 162 Å². The third kappa shape index (κ3) is 3.29. The van der Waals surface area contributed by atoms with Crippen molar-refractivity contribution in [2.45, 2.75) is 44.0 Å². The second kappa shape index (κ2) is 6.24. The van der Waals surface area contributed by atoms with Crippen LogP contribution in [0.5, 0.6) is 0 Å². The van der Waals surface area contributed by atoms with Crippen LogP contribution in [0.1, 0.15) is 47.6 Å². The molecule has 0 aromatic carbocycles. The maximum Gasteiger partial charge on any atom is 0.315 e. The van der Waals surface area contributed by atoms with E-state index in [0.717, 1.165) is 5.69 Å². The average Bonchev–Trinajstić information content (AvgIpc) is 2.80. The average molecular weight is 422 g/mol. The molecule has 0 unspecified atom stereocenters. The molecule has 26 heavy (non-hydrogen) atoms. The molecule has 1 saturated heterocycles. The van der Waals surface area contributed by atoms with E-state index in [9.17, 15) is 18.0 Å². The number of aromatic nitrogens is 1. The largest absolute Gasteiger partial charge is 0.457 e. The Morgan fingerprint density at radius 3 is 2.46 bits per heavy atom. The molecule has 1 aromatic rings. The highest BCUT2D eigenvalue weighted by Gasteiger charge is 2.69. The molecule has 0 amide bonds. The van der Waals surface area contributed by atoms with Gasteiger partial charge in [-0.2, -0.15) is 0 Å². The number of Topliss-reactive ketones (excluding diaryl/α,β-unsaturated/α-hetero) is 1. The van der Waals surface area contributed by atoms with Crippen molar-refractivity contribution in [3.63, 3.8) is 0 Å². The number of alkyl halides is 2. The number of rotatable bonds is 5. The first-order valence-corrected chi connectivity index (χ1v) is 10.9. The number of aryl methyl sites for hydroxylation is 1. The van der Waals surface area contributed by atoms with Crippen molar-refractivity contribution in [2.24, 2.45) is 5.41 Å². The van der Waals surface area contributed by atoms with Crippen LogP contribution in [0, 0.1) is 19.3 Å². The number of halogens is 2. The van der Waals surface area contributed by atoms with E-state index in [1.54, 1.807) is 19.9 Å². The minimum absolute atomic E-state index is 0.0812. The van der Waals surface area contributed by atoms with E-state index < -0.39 is 32.2 Å². The number of esters is 1. The molecule has 2 heterocycles. The summed E-state index contributed by atoms with van der Waals surface area (Å²) < 4.78 is 29.4. The molecule has 2 aliphatic rings. The molecular weight excluding hydrogens is 401 g/mol. The van der Waals surface area contributed by atoms with Crippen LogP contribution >= 0.6 is 23.2 Å². The van der Waals surface area contributed by atoms with E-state index in [1.165, 1.54) is 0 Å². The molecule has 0 radical (unpaired) electrons. The zero-order chi connectivity index (χ0) is 19.5. The molecule has 9 heteroatoms. The van der Waals surface area contributed by atoms with E-state index in [1.807, 2.05) is 11.5 Å². The summed E-state index contributed by atoms with van der Waals surface area (Å²) in [5.74, 6) is -0.686. The number of nitrogens with zero attached hydrogens (tertiary/aromatic N) is 1. The lowest BCUT2D eigenvalue weighted by Crippen LogP contribution is -2.24. The molecule has 3 rings (SSSR count). The second-order valence-electron chi connectivity index (χ2n) is 7.42. The second-order valence-corrected chi connectivity index (χ2v) is 11.1. The number of ether oxygens (including phenoxy) is 1. The van der Waals surface area contributed by atoms with Crippen LogP contribution in [0.3, 0.4) is 0 Å². The third-order valence-corrected chi connectivity index (χ3v) is 8.25. The summed E-state index contributed by atoms with van der Waals surface area (Å²) in [7, 11) is -3.03. The van der Waals surface area contributed by atoms with Crippen molar-refractivity contribution in [3.8, 4) is 0 Å². The van der Waals surface area contributed by atoms with E-state index >= 15 is 0 Å². The molecule has 0 N–H and O–H groups in total. The van der Waals surface area contributed by atoms with E-state index in [2.05, 4.69) is 0 Å². The monoisotopic (exact) mass is 421 g/mol. The standard InChI is InChI=1S/C17H21Cl2NO5S/c1-10-6-13(11(2)20(10)12-4-5-26(23,24)8-12)14(21)7-25-15(22)16(3)9-17(16,18)19/h6,12H,4-5,7-9H2,1-3H3/t12-,16+/m1/s1. The van der Waals surface area contributed by atoms with Crippen molar-refractivity contribution in [2.75, 3.05) is 18.1 Å². The van der Waals surface area contributed by atoms with Crippen LogP contribution in [0.2, 0.25) is 0 Å². The van der Waals surface area contributed by atoms with Crippen molar-refractivity contribution < 1.29 is 22.7 Å². The molecule has 1 aliphatic heterocycles. The number of hydrogen-bond acceptors (Lipinski definition) is 5. The van der Waals surface area contributed by atoms with E-state index in [4.69, 9.17) is 27.9 Å². The van der Waals surface area contributed by atoms with Gasteiger partial charge in [0, 0.05) is 29.4 Å². The summed E-state index contributed by atoms with van der Waals surface area (Å²) in [5.41, 5.74) is 0.954. The van der Waals surface area contributed by atoms with Crippen molar-refractivity contribution in [1.82, 2.24) is 4.57 Å². The van der Waals surface area contributed by atoms with Crippen molar-refractivity contribution >= 4 is 44.8 Å². The first kappa shape index (κ1) is 19.7. The lowest BCUT2D eigenvalue weighted by atomic mass is 10.1. The number of carbonyl (C=O) groups is 2. The topological polar surface area (TPSA) is 82.4 Å². The van der Waals surface area contributed by atoms with Gasteiger partial charge in [0.1, 0.15) is 9.75 Å². The van der Waals surface area contributed by atoms with E-state index in [-0.39, 0.29) is 23.3 Å². The fourth-order valence-electron chi connectivity index (χ4n) is 3.59. The van der Waals surface area contributed by atoms with Crippen LogP contribution in [0.4, 0.5) is 0 Å². The van der Waals surface area contributed by atoms with Gasteiger partial charge in [-0.05, 0) is 33.3 Å². The van der Waals surface area contributed by atoms with Gasteiger partial charge in [0.15, 0.2) is 16.4 Å². The van der Waals surface area contributed by atoms with E-state index in [0.29, 0.717) is 24.1 Å². The third-order valence-electron chi connectivity index (χ3n) is 5.40. The Morgan fingerprint density at radius 1 is 1.35 bits per heavy atom. The van der Waals surface area contributed by atoms with Gasteiger partial charge in [0.05, 0.1) is 11.5 Å². The fourth-order valence-corrected chi connectivity index (χ4v) is 5.98. The Balaban J connectivity index is 1.71. The Kier molecular flexibility index (Phi) is 4.73.